The van der Waals surface area contributed by atoms with Crippen molar-refractivity contribution in [2.24, 2.45) is 5.92 Å². The maximum absolute atomic E-state index is 5.82. The quantitative estimate of drug-likeness (QED) is 0.576. The molecule has 1 saturated carbocycles. The molecule has 0 amide bonds. The topological polar surface area (TPSA) is 18.5 Å². The van der Waals surface area contributed by atoms with Crippen LogP contribution in [0.1, 0.15) is 52.9 Å². The second-order valence-corrected chi connectivity index (χ2v) is 5.22. The summed E-state index contributed by atoms with van der Waals surface area (Å²) in [5.74, 6) is 0.921. The fourth-order valence-corrected chi connectivity index (χ4v) is 2.43. The lowest BCUT2D eigenvalue weighted by molar-refractivity contribution is -0.171. The molecule has 2 nitrogen and oxygen atoms in total. The van der Waals surface area contributed by atoms with E-state index in [1.807, 2.05) is 13.8 Å². The highest BCUT2D eigenvalue weighted by molar-refractivity contribution is 7.80. The Morgan fingerprint density at radius 1 is 1.20 bits per heavy atom. The molecule has 0 aromatic heterocycles. The number of hydrogen-bond donors (Lipinski definition) is 1. The first-order chi connectivity index (χ1) is 7.11. The van der Waals surface area contributed by atoms with Gasteiger partial charge in [-0.05, 0) is 45.4 Å². The molecule has 0 N–H and O–H groups in total. The van der Waals surface area contributed by atoms with Crippen LogP contribution < -0.4 is 0 Å². The number of hydrogen-bond acceptors (Lipinski definition) is 3. The van der Waals surface area contributed by atoms with E-state index in [0.29, 0.717) is 6.10 Å². The van der Waals surface area contributed by atoms with Crippen molar-refractivity contribution in [3.63, 3.8) is 0 Å². The van der Waals surface area contributed by atoms with Crippen LogP contribution in [0.4, 0.5) is 0 Å². The lowest BCUT2D eigenvalue weighted by Crippen LogP contribution is -2.27. The van der Waals surface area contributed by atoms with Gasteiger partial charge in [0.05, 0.1) is 6.10 Å². The predicted octanol–water partition coefficient (Wildman–Crippen LogP) is 3.61. The van der Waals surface area contributed by atoms with E-state index < -0.39 is 0 Å². The van der Waals surface area contributed by atoms with Crippen molar-refractivity contribution in [2.45, 2.75) is 70.7 Å². The van der Waals surface area contributed by atoms with Gasteiger partial charge in [0.25, 0.3) is 0 Å². The largest absolute Gasteiger partial charge is 0.350 e. The molecule has 0 saturated heterocycles. The van der Waals surface area contributed by atoms with Crippen molar-refractivity contribution < 1.29 is 9.47 Å². The van der Waals surface area contributed by atoms with Gasteiger partial charge in [-0.15, -0.1) is 12.6 Å². The third kappa shape index (κ3) is 5.23. The van der Waals surface area contributed by atoms with Crippen LogP contribution >= 0.6 is 12.6 Å². The van der Waals surface area contributed by atoms with E-state index in [-0.39, 0.29) is 11.7 Å². The second-order valence-electron chi connectivity index (χ2n) is 4.49. The van der Waals surface area contributed by atoms with Gasteiger partial charge in [-0.1, -0.05) is 13.3 Å². The molecule has 2 atom stereocenters. The third-order valence-corrected chi connectivity index (χ3v) is 3.27. The van der Waals surface area contributed by atoms with Gasteiger partial charge in [-0.3, -0.25) is 0 Å². The minimum absolute atomic E-state index is 0.0491. The fraction of sp³-hybridized carbons (Fsp3) is 1.00. The van der Waals surface area contributed by atoms with Gasteiger partial charge < -0.3 is 9.47 Å². The summed E-state index contributed by atoms with van der Waals surface area (Å²) in [7, 11) is 0. The summed E-state index contributed by atoms with van der Waals surface area (Å²) >= 11 is 4.18. The maximum Gasteiger partial charge on any atom is 0.156 e. The average molecular weight is 232 g/mol. The van der Waals surface area contributed by atoms with Crippen LogP contribution in [-0.4, -0.2) is 17.8 Å². The molecule has 0 aliphatic heterocycles. The Balaban J connectivity index is 2.17. The Morgan fingerprint density at radius 2 is 1.80 bits per heavy atom. The summed E-state index contributed by atoms with van der Waals surface area (Å²) in [4.78, 5) is 0. The first kappa shape index (κ1) is 13.3. The Bertz CT molecular complexity index is 165. The van der Waals surface area contributed by atoms with Crippen molar-refractivity contribution in [2.75, 3.05) is 0 Å². The lowest BCUT2D eigenvalue weighted by Gasteiger charge is -2.30. The molecule has 1 rings (SSSR count). The minimum atomic E-state index is -0.124. The molecule has 0 radical (unpaired) electrons. The van der Waals surface area contributed by atoms with E-state index in [0.717, 1.165) is 5.92 Å². The van der Waals surface area contributed by atoms with Gasteiger partial charge in [0.2, 0.25) is 0 Å². The van der Waals surface area contributed by atoms with Crippen molar-refractivity contribution in [1.82, 2.24) is 0 Å². The van der Waals surface area contributed by atoms with Gasteiger partial charge >= 0.3 is 0 Å². The molecule has 1 aliphatic rings. The van der Waals surface area contributed by atoms with Crippen LogP contribution in [0.25, 0.3) is 0 Å². The Labute approximate surface area is 99.1 Å². The summed E-state index contributed by atoms with van der Waals surface area (Å²) in [6, 6.07) is 0. The molecule has 15 heavy (non-hydrogen) atoms. The van der Waals surface area contributed by atoms with E-state index in [1.54, 1.807) is 0 Å². The molecule has 1 fully saturated rings. The lowest BCUT2D eigenvalue weighted by atomic mass is 9.86. The van der Waals surface area contributed by atoms with Crippen LogP contribution in [0.2, 0.25) is 0 Å². The molecule has 0 heterocycles. The van der Waals surface area contributed by atoms with Crippen molar-refractivity contribution >= 4 is 12.6 Å². The molecule has 0 aromatic rings. The fourth-order valence-electron chi connectivity index (χ4n) is 2.26. The summed E-state index contributed by atoms with van der Waals surface area (Å²) < 4.78 is 11.3. The van der Waals surface area contributed by atoms with Gasteiger partial charge in [-0.2, -0.15) is 0 Å². The molecule has 0 aromatic carbocycles. The van der Waals surface area contributed by atoms with Crippen LogP contribution in [0.5, 0.6) is 0 Å². The van der Waals surface area contributed by atoms with Gasteiger partial charge in [-0.25, -0.2) is 0 Å². The van der Waals surface area contributed by atoms with Crippen molar-refractivity contribution in [3.8, 4) is 0 Å². The monoisotopic (exact) mass is 232 g/mol. The molecule has 90 valence electrons. The minimum Gasteiger partial charge on any atom is -0.350 e. The zero-order valence-electron chi connectivity index (χ0n) is 10.1. The third-order valence-electron chi connectivity index (χ3n) is 3.14. The van der Waals surface area contributed by atoms with Crippen LogP contribution in [0.3, 0.4) is 0 Å². The number of thiol groups is 1. The van der Waals surface area contributed by atoms with E-state index >= 15 is 0 Å². The first-order valence-corrected chi connectivity index (χ1v) is 6.62. The van der Waals surface area contributed by atoms with Crippen molar-refractivity contribution in [1.29, 1.82) is 0 Å². The summed E-state index contributed by atoms with van der Waals surface area (Å²) in [6.07, 6.45) is 6.58. The average Bonchev–Trinajstić information content (AvgIpc) is 2.17. The molecule has 0 spiro atoms. The van der Waals surface area contributed by atoms with Gasteiger partial charge in [0, 0.05) is 0 Å². The van der Waals surface area contributed by atoms with Crippen LogP contribution in [0.15, 0.2) is 0 Å². The molecule has 1 aliphatic carbocycles. The Hall–Kier alpha value is 0.270. The van der Waals surface area contributed by atoms with E-state index in [1.165, 1.54) is 32.1 Å². The predicted molar refractivity (Wildman–Crippen MR) is 66.1 cm³/mol. The molecular formula is C12H24O2S. The maximum atomic E-state index is 5.82. The highest BCUT2D eigenvalue weighted by atomic mass is 32.1. The Morgan fingerprint density at radius 3 is 2.27 bits per heavy atom. The number of rotatable bonds is 5. The number of ether oxygens (including phenoxy) is 2. The zero-order chi connectivity index (χ0) is 11.3. The highest BCUT2D eigenvalue weighted by Gasteiger charge is 2.22. The highest BCUT2D eigenvalue weighted by Crippen LogP contribution is 2.29. The summed E-state index contributed by atoms with van der Waals surface area (Å²) in [5, 5.41) is 0. The molecule has 0 bridgehead atoms. The standard InChI is InChI=1S/C12H24O2S/c1-4-11-5-7-12(8-6-11)14-9(2)13-10(3)15/h9-12,15H,4-8H2,1-3H3. The smallest absolute Gasteiger partial charge is 0.156 e. The van der Waals surface area contributed by atoms with E-state index in [9.17, 15) is 0 Å². The van der Waals surface area contributed by atoms with Gasteiger partial charge in [0.15, 0.2) is 6.29 Å². The van der Waals surface area contributed by atoms with Crippen LogP contribution in [0, 0.1) is 5.92 Å². The van der Waals surface area contributed by atoms with E-state index in [4.69, 9.17) is 9.47 Å². The molecule has 3 heteroatoms. The Kier molecular flexibility index (Phi) is 6.02. The van der Waals surface area contributed by atoms with Crippen LogP contribution in [-0.2, 0) is 9.47 Å². The molecular weight excluding hydrogens is 208 g/mol. The normalized spacial score (nSPS) is 31.2. The van der Waals surface area contributed by atoms with E-state index in [2.05, 4.69) is 19.6 Å². The second kappa shape index (κ2) is 6.77. The SMILES string of the molecule is CCC1CCC(OC(C)OC(C)S)CC1. The zero-order valence-corrected chi connectivity index (χ0v) is 11.0. The summed E-state index contributed by atoms with van der Waals surface area (Å²) in [5.41, 5.74) is -0.0491. The summed E-state index contributed by atoms with van der Waals surface area (Å²) in [6.45, 7) is 6.15. The van der Waals surface area contributed by atoms with Gasteiger partial charge in [0.1, 0.15) is 5.44 Å². The van der Waals surface area contributed by atoms with Crippen molar-refractivity contribution in [3.05, 3.63) is 0 Å². The molecule has 2 unspecified atom stereocenters. The first-order valence-electron chi connectivity index (χ1n) is 6.10.